The molecule has 3 N–H and O–H groups in total. The summed E-state index contributed by atoms with van der Waals surface area (Å²) in [5.74, 6) is 0.695. The molecule has 0 unspecified atom stereocenters. The number of carbonyl (C=O) groups is 2. The van der Waals surface area contributed by atoms with E-state index in [1.807, 2.05) is 63.1 Å². The van der Waals surface area contributed by atoms with Crippen LogP contribution in [0, 0.1) is 0 Å². The molecule has 0 saturated heterocycles. The maximum Gasteiger partial charge on any atom is 0.251 e. The van der Waals surface area contributed by atoms with E-state index < -0.39 is 5.60 Å². The van der Waals surface area contributed by atoms with Gasteiger partial charge in [0.15, 0.2) is 0 Å². The Bertz CT molecular complexity index is 1300. The van der Waals surface area contributed by atoms with Crippen LogP contribution in [0.15, 0.2) is 48.7 Å². The summed E-state index contributed by atoms with van der Waals surface area (Å²) in [4.78, 5) is 31.8. The highest BCUT2D eigenvalue weighted by Crippen LogP contribution is 2.26. The quantitative estimate of drug-likeness (QED) is 0.289. The molecule has 0 aliphatic heterocycles. The lowest BCUT2D eigenvalue weighted by Crippen LogP contribution is -2.46. The Balaban J connectivity index is 1.75. The molecule has 1 atom stereocenters. The summed E-state index contributed by atoms with van der Waals surface area (Å²) in [6.07, 6.45) is 3.23. The molecule has 0 aliphatic rings. The van der Waals surface area contributed by atoms with Crippen LogP contribution in [-0.4, -0.2) is 71.2 Å². The van der Waals surface area contributed by atoms with E-state index in [0.717, 1.165) is 23.2 Å². The molecule has 0 fully saturated rings. The molecule has 40 heavy (non-hydrogen) atoms. The molecule has 9 nitrogen and oxygen atoms in total. The lowest BCUT2D eigenvalue weighted by molar-refractivity contribution is -0.121. The first kappa shape index (κ1) is 31.1. The summed E-state index contributed by atoms with van der Waals surface area (Å²) in [7, 11) is 5.50. The minimum atomic E-state index is -1.05. The van der Waals surface area contributed by atoms with Crippen LogP contribution in [0.25, 0.3) is 11.3 Å². The first-order valence-electron chi connectivity index (χ1n) is 13.4. The maximum absolute atomic E-state index is 13.1. The van der Waals surface area contributed by atoms with E-state index in [-0.39, 0.29) is 30.9 Å². The molecule has 216 valence electrons. The third-order valence-corrected chi connectivity index (χ3v) is 6.45. The first-order valence-corrected chi connectivity index (χ1v) is 13.7. The van der Waals surface area contributed by atoms with Crippen molar-refractivity contribution in [2.75, 3.05) is 33.8 Å². The zero-order valence-corrected chi connectivity index (χ0v) is 24.9. The van der Waals surface area contributed by atoms with Crippen LogP contribution in [0.2, 0.25) is 5.02 Å². The highest BCUT2D eigenvalue weighted by Gasteiger charge is 2.23. The maximum atomic E-state index is 13.1. The summed E-state index contributed by atoms with van der Waals surface area (Å²) in [6, 6.07) is 12.5. The molecule has 0 spiro atoms. The van der Waals surface area contributed by atoms with E-state index in [1.165, 1.54) is 0 Å². The van der Waals surface area contributed by atoms with E-state index >= 15 is 0 Å². The average Bonchev–Trinajstić information content (AvgIpc) is 3.28. The molecule has 3 aromatic rings. The number of aliphatic hydroxyl groups is 1. The largest absolute Gasteiger partial charge is 0.492 e. The summed E-state index contributed by atoms with van der Waals surface area (Å²) in [5, 5.41) is 16.7. The van der Waals surface area contributed by atoms with Gasteiger partial charge in [0, 0.05) is 30.9 Å². The zero-order valence-electron chi connectivity index (χ0n) is 24.1. The molecule has 1 heterocycles. The van der Waals surface area contributed by atoms with Gasteiger partial charge in [-0.15, -0.1) is 0 Å². The molecule has 10 heteroatoms. The van der Waals surface area contributed by atoms with Crippen LogP contribution >= 0.6 is 11.6 Å². The number of nitrogens with one attached hydrogen (secondary N) is 2. The predicted octanol–water partition coefficient (Wildman–Crippen LogP) is 3.78. The number of imidazole rings is 1. The molecule has 3 rings (SSSR count). The SMILES string of the molecule is CCCOc1ccc(C(=O)N[C@@H](CNC(=O)CN(C)C)Cc2ccc(-c3cn(C)c(C(C)(C)O)n3)cc2)cc1Cl. The number of carbonyl (C=O) groups excluding carboxylic acids is 2. The van der Waals surface area contributed by atoms with E-state index in [2.05, 4.69) is 15.6 Å². The van der Waals surface area contributed by atoms with Crippen molar-refractivity contribution >= 4 is 23.4 Å². The van der Waals surface area contributed by atoms with Crippen molar-refractivity contribution in [1.29, 1.82) is 0 Å². The average molecular weight is 570 g/mol. The van der Waals surface area contributed by atoms with Gasteiger partial charge in [0.25, 0.3) is 5.91 Å². The molecule has 0 bridgehead atoms. The van der Waals surface area contributed by atoms with Crippen molar-refractivity contribution in [2.24, 2.45) is 7.05 Å². The van der Waals surface area contributed by atoms with Crippen LogP contribution in [0.1, 0.15) is 48.9 Å². The number of aryl methyl sites for hydroxylation is 1. The lowest BCUT2D eigenvalue weighted by Gasteiger charge is -2.21. The number of amides is 2. The minimum Gasteiger partial charge on any atom is -0.492 e. The normalized spacial score (nSPS) is 12.3. The van der Waals surface area contributed by atoms with Gasteiger partial charge in [-0.3, -0.25) is 9.59 Å². The van der Waals surface area contributed by atoms with E-state index in [9.17, 15) is 14.7 Å². The van der Waals surface area contributed by atoms with E-state index in [0.29, 0.717) is 35.2 Å². The highest BCUT2D eigenvalue weighted by atomic mass is 35.5. The number of rotatable bonds is 13. The molecular formula is C30H40ClN5O4. The van der Waals surface area contributed by atoms with Gasteiger partial charge in [-0.25, -0.2) is 4.98 Å². The molecular weight excluding hydrogens is 530 g/mol. The van der Waals surface area contributed by atoms with Crippen molar-refractivity contribution in [2.45, 2.75) is 45.3 Å². The molecule has 0 radical (unpaired) electrons. The fourth-order valence-electron chi connectivity index (χ4n) is 4.26. The number of benzene rings is 2. The third kappa shape index (κ3) is 8.81. The van der Waals surface area contributed by atoms with Crippen molar-refractivity contribution < 1.29 is 19.4 Å². The van der Waals surface area contributed by atoms with Gasteiger partial charge in [0.05, 0.1) is 29.9 Å². The van der Waals surface area contributed by atoms with Crippen LogP contribution in [0.5, 0.6) is 5.75 Å². The topological polar surface area (TPSA) is 109 Å². The first-order chi connectivity index (χ1) is 18.9. The van der Waals surface area contributed by atoms with Crippen LogP contribution < -0.4 is 15.4 Å². The highest BCUT2D eigenvalue weighted by molar-refractivity contribution is 6.32. The minimum absolute atomic E-state index is 0.127. The van der Waals surface area contributed by atoms with Crippen molar-refractivity contribution in [1.82, 2.24) is 25.1 Å². The second-order valence-corrected chi connectivity index (χ2v) is 11.1. The number of aromatic nitrogens is 2. The second kappa shape index (κ2) is 13.8. The number of likely N-dealkylation sites (N-methyl/N-ethyl adjacent to an activating group) is 1. The van der Waals surface area contributed by atoms with Gasteiger partial charge in [0.1, 0.15) is 17.2 Å². The van der Waals surface area contributed by atoms with Gasteiger partial charge in [-0.05, 0) is 64.5 Å². The van der Waals surface area contributed by atoms with Gasteiger partial charge in [0.2, 0.25) is 5.91 Å². The number of hydrogen-bond acceptors (Lipinski definition) is 6. The van der Waals surface area contributed by atoms with Gasteiger partial charge in [-0.2, -0.15) is 0 Å². The summed E-state index contributed by atoms with van der Waals surface area (Å²) in [5.41, 5.74) is 2.01. The second-order valence-electron chi connectivity index (χ2n) is 10.7. The molecule has 2 amide bonds. The Hall–Kier alpha value is -3.40. The van der Waals surface area contributed by atoms with Crippen molar-refractivity contribution in [3.63, 3.8) is 0 Å². The Morgan fingerprint density at radius 1 is 1.18 bits per heavy atom. The fraction of sp³-hybridized carbons (Fsp3) is 0.433. The fourth-order valence-corrected chi connectivity index (χ4v) is 4.50. The number of halogens is 1. The lowest BCUT2D eigenvalue weighted by atomic mass is 10.0. The van der Waals surface area contributed by atoms with Gasteiger partial charge >= 0.3 is 0 Å². The molecule has 0 saturated carbocycles. The Kier molecular flexibility index (Phi) is 10.7. The van der Waals surface area contributed by atoms with Crippen LogP contribution in [-0.2, 0) is 23.9 Å². The Morgan fingerprint density at radius 3 is 2.45 bits per heavy atom. The van der Waals surface area contributed by atoms with Crippen LogP contribution in [0.3, 0.4) is 0 Å². The number of hydrogen-bond donors (Lipinski definition) is 3. The Morgan fingerprint density at radius 2 is 1.88 bits per heavy atom. The van der Waals surface area contributed by atoms with Crippen molar-refractivity contribution in [3.8, 4) is 17.0 Å². The third-order valence-electron chi connectivity index (χ3n) is 6.15. The summed E-state index contributed by atoms with van der Waals surface area (Å²) < 4.78 is 7.43. The standard InChI is InChI=1S/C30H40ClN5O4/c1-7-14-40-26-13-12-22(16-24(26)31)28(38)33-23(17-32-27(37)19-35(4)5)15-20-8-10-21(11-9-20)25-18-36(6)29(34-25)30(2,3)39/h8-13,16,18,23,39H,7,14-15,17,19H2,1-6H3,(H,32,37)(H,33,38)/t23-/m1/s1. The van der Waals surface area contributed by atoms with Gasteiger partial charge < -0.3 is 29.9 Å². The van der Waals surface area contributed by atoms with Crippen molar-refractivity contribution in [3.05, 3.63) is 70.6 Å². The van der Waals surface area contributed by atoms with Gasteiger partial charge in [-0.1, -0.05) is 42.8 Å². The smallest absolute Gasteiger partial charge is 0.251 e. The zero-order chi connectivity index (χ0) is 29.4. The monoisotopic (exact) mass is 569 g/mol. The Labute approximate surface area is 241 Å². The molecule has 1 aromatic heterocycles. The predicted molar refractivity (Wildman–Crippen MR) is 158 cm³/mol. The van der Waals surface area contributed by atoms with E-state index in [4.69, 9.17) is 16.3 Å². The van der Waals surface area contributed by atoms with Crippen LogP contribution in [0.4, 0.5) is 0 Å². The van der Waals surface area contributed by atoms with E-state index in [1.54, 1.807) is 36.9 Å². The molecule has 2 aromatic carbocycles. The summed E-state index contributed by atoms with van der Waals surface area (Å²) in [6.45, 7) is 6.47. The number of ether oxygens (including phenoxy) is 1. The summed E-state index contributed by atoms with van der Waals surface area (Å²) >= 11 is 6.34. The number of nitrogens with zero attached hydrogens (tertiary/aromatic N) is 3. The molecule has 0 aliphatic carbocycles.